The van der Waals surface area contributed by atoms with E-state index in [1.165, 1.54) is 6.42 Å². The van der Waals surface area contributed by atoms with Crippen LogP contribution in [0.1, 0.15) is 49.3 Å². The number of carbonyl (C=O) groups is 1. The van der Waals surface area contributed by atoms with Crippen LogP contribution in [-0.2, 0) is 17.7 Å². The second-order valence-electron chi connectivity index (χ2n) is 7.53. The molecule has 5 nitrogen and oxygen atoms in total. The number of amides is 1. The number of aromatic nitrogens is 2. The lowest BCUT2D eigenvalue weighted by Crippen LogP contribution is -2.48. The number of benzene rings is 1. The maximum atomic E-state index is 13.3. The van der Waals surface area contributed by atoms with Crippen LogP contribution in [0.5, 0.6) is 0 Å². The van der Waals surface area contributed by atoms with E-state index in [1.54, 1.807) is 0 Å². The molecule has 2 aliphatic rings. The highest BCUT2D eigenvalue weighted by molar-refractivity contribution is 5.94. The first kappa shape index (κ1) is 17.3. The molecule has 4 rings (SSSR count). The molecular weight excluding hydrogens is 326 g/mol. The van der Waals surface area contributed by atoms with Crippen LogP contribution in [0.25, 0.3) is 11.4 Å². The van der Waals surface area contributed by atoms with Gasteiger partial charge in [0.2, 0.25) is 0 Å². The van der Waals surface area contributed by atoms with Crippen LogP contribution in [0.3, 0.4) is 0 Å². The molecule has 0 spiro atoms. The molecule has 0 saturated carbocycles. The standard InChI is InChI=1S/C21H27N3O2/c1-15-13-23(14-16(2)26-15)21(25)19-18-11-7-4-8-12-24(18)20(22-19)17-9-5-3-6-10-17/h3,5-6,9-10,15-16H,4,7-8,11-14H2,1-2H3. The van der Waals surface area contributed by atoms with Crippen molar-refractivity contribution in [2.45, 2.75) is 58.3 Å². The van der Waals surface area contributed by atoms with Gasteiger partial charge < -0.3 is 14.2 Å². The predicted molar refractivity (Wildman–Crippen MR) is 101 cm³/mol. The predicted octanol–water partition coefficient (Wildman–Crippen LogP) is 3.53. The number of nitrogens with zero attached hydrogens (tertiary/aromatic N) is 3. The number of hydrogen-bond acceptors (Lipinski definition) is 3. The summed E-state index contributed by atoms with van der Waals surface area (Å²) in [4.78, 5) is 20.1. The zero-order chi connectivity index (χ0) is 18.1. The van der Waals surface area contributed by atoms with Gasteiger partial charge in [-0.25, -0.2) is 4.98 Å². The molecule has 1 amide bonds. The van der Waals surface area contributed by atoms with Gasteiger partial charge in [0, 0.05) is 25.2 Å². The summed E-state index contributed by atoms with van der Waals surface area (Å²) in [6.07, 6.45) is 4.53. The average molecular weight is 353 g/mol. The van der Waals surface area contributed by atoms with E-state index < -0.39 is 0 Å². The summed E-state index contributed by atoms with van der Waals surface area (Å²) in [7, 11) is 0. The van der Waals surface area contributed by atoms with Crippen LogP contribution >= 0.6 is 0 Å². The normalized spacial score (nSPS) is 23.4. The second-order valence-corrected chi connectivity index (χ2v) is 7.53. The van der Waals surface area contributed by atoms with Crippen molar-refractivity contribution >= 4 is 5.91 Å². The quantitative estimate of drug-likeness (QED) is 0.830. The molecule has 0 aliphatic carbocycles. The van der Waals surface area contributed by atoms with Crippen molar-refractivity contribution in [1.82, 2.24) is 14.5 Å². The SMILES string of the molecule is CC1CN(C(=O)c2nc(-c3ccccc3)n3c2CCCCC3)CC(C)O1. The largest absolute Gasteiger partial charge is 0.372 e. The Morgan fingerprint density at radius 2 is 1.81 bits per heavy atom. The van der Waals surface area contributed by atoms with Crippen LogP contribution < -0.4 is 0 Å². The van der Waals surface area contributed by atoms with E-state index in [4.69, 9.17) is 9.72 Å². The lowest BCUT2D eigenvalue weighted by atomic mass is 10.1. The molecule has 1 aromatic carbocycles. The van der Waals surface area contributed by atoms with Gasteiger partial charge >= 0.3 is 0 Å². The molecule has 1 aromatic heterocycles. The van der Waals surface area contributed by atoms with Crippen molar-refractivity contribution in [3.8, 4) is 11.4 Å². The second kappa shape index (κ2) is 7.23. The van der Waals surface area contributed by atoms with Gasteiger partial charge in [0.1, 0.15) is 11.5 Å². The molecule has 2 unspecified atom stereocenters. The highest BCUT2D eigenvalue weighted by Crippen LogP contribution is 2.28. The van der Waals surface area contributed by atoms with Crippen molar-refractivity contribution in [2.24, 2.45) is 0 Å². The fraction of sp³-hybridized carbons (Fsp3) is 0.524. The Hall–Kier alpha value is -2.14. The smallest absolute Gasteiger partial charge is 0.274 e. The molecule has 3 heterocycles. The highest BCUT2D eigenvalue weighted by atomic mass is 16.5. The maximum absolute atomic E-state index is 13.3. The lowest BCUT2D eigenvalue weighted by Gasteiger charge is -2.35. The monoisotopic (exact) mass is 353 g/mol. The third-order valence-electron chi connectivity index (χ3n) is 5.31. The number of morpholine rings is 1. The zero-order valence-corrected chi connectivity index (χ0v) is 15.6. The Balaban J connectivity index is 1.74. The van der Waals surface area contributed by atoms with Gasteiger partial charge in [0.05, 0.1) is 17.9 Å². The summed E-state index contributed by atoms with van der Waals surface area (Å²) in [5.74, 6) is 0.986. The van der Waals surface area contributed by atoms with Gasteiger partial charge in [-0.05, 0) is 33.1 Å². The fourth-order valence-electron chi connectivity index (χ4n) is 4.19. The van der Waals surface area contributed by atoms with Gasteiger partial charge in [0.15, 0.2) is 0 Å². The van der Waals surface area contributed by atoms with E-state index in [9.17, 15) is 4.79 Å². The topological polar surface area (TPSA) is 47.4 Å². The van der Waals surface area contributed by atoms with Crippen LogP contribution in [0, 0.1) is 0 Å². The fourth-order valence-corrected chi connectivity index (χ4v) is 4.19. The molecule has 2 atom stereocenters. The molecule has 5 heteroatoms. The molecule has 0 N–H and O–H groups in total. The summed E-state index contributed by atoms with van der Waals surface area (Å²) in [5.41, 5.74) is 2.84. The Bertz CT molecular complexity index is 774. The number of carbonyl (C=O) groups excluding carboxylic acids is 1. The van der Waals surface area contributed by atoms with Gasteiger partial charge in [-0.1, -0.05) is 36.8 Å². The van der Waals surface area contributed by atoms with E-state index in [0.29, 0.717) is 18.8 Å². The van der Waals surface area contributed by atoms with Crippen molar-refractivity contribution in [2.75, 3.05) is 13.1 Å². The molecule has 2 aliphatic heterocycles. The molecule has 0 bridgehead atoms. The third-order valence-corrected chi connectivity index (χ3v) is 5.31. The lowest BCUT2D eigenvalue weighted by molar-refractivity contribution is -0.0587. The van der Waals surface area contributed by atoms with Crippen molar-refractivity contribution in [3.63, 3.8) is 0 Å². The van der Waals surface area contributed by atoms with Crippen LogP contribution in [-0.4, -0.2) is 45.7 Å². The van der Waals surface area contributed by atoms with E-state index in [-0.39, 0.29) is 18.1 Å². The first-order valence-corrected chi connectivity index (χ1v) is 9.73. The molecular formula is C21H27N3O2. The molecule has 1 fully saturated rings. The maximum Gasteiger partial charge on any atom is 0.274 e. The summed E-state index contributed by atoms with van der Waals surface area (Å²) in [5, 5.41) is 0. The van der Waals surface area contributed by atoms with Gasteiger partial charge in [-0.2, -0.15) is 0 Å². The number of fused-ring (bicyclic) bond motifs is 1. The summed E-state index contributed by atoms with van der Waals surface area (Å²) in [6, 6.07) is 10.2. The number of imidazole rings is 1. The van der Waals surface area contributed by atoms with Crippen LogP contribution in [0.4, 0.5) is 0 Å². The Labute approximate surface area is 155 Å². The van der Waals surface area contributed by atoms with Crippen LogP contribution in [0.15, 0.2) is 30.3 Å². The molecule has 138 valence electrons. The van der Waals surface area contributed by atoms with Gasteiger partial charge in [-0.3, -0.25) is 4.79 Å². The van der Waals surface area contributed by atoms with Crippen LogP contribution in [0.2, 0.25) is 0 Å². The minimum Gasteiger partial charge on any atom is -0.372 e. The Morgan fingerprint density at radius 3 is 2.54 bits per heavy atom. The Kier molecular flexibility index (Phi) is 4.81. The van der Waals surface area contributed by atoms with Crippen molar-refractivity contribution in [3.05, 3.63) is 41.7 Å². The van der Waals surface area contributed by atoms with Crippen molar-refractivity contribution in [1.29, 1.82) is 0 Å². The van der Waals surface area contributed by atoms with E-state index in [1.807, 2.05) is 36.9 Å². The highest BCUT2D eigenvalue weighted by Gasteiger charge is 2.31. The van der Waals surface area contributed by atoms with Gasteiger partial charge in [0.25, 0.3) is 5.91 Å². The summed E-state index contributed by atoms with van der Waals surface area (Å²) in [6.45, 7) is 6.26. The van der Waals surface area contributed by atoms with E-state index in [0.717, 1.165) is 42.9 Å². The van der Waals surface area contributed by atoms with E-state index in [2.05, 4.69) is 16.7 Å². The zero-order valence-electron chi connectivity index (χ0n) is 15.6. The summed E-state index contributed by atoms with van der Waals surface area (Å²) < 4.78 is 8.07. The third kappa shape index (κ3) is 3.28. The van der Waals surface area contributed by atoms with E-state index >= 15 is 0 Å². The van der Waals surface area contributed by atoms with Crippen molar-refractivity contribution < 1.29 is 9.53 Å². The minimum atomic E-state index is 0.0554. The number of hydrogen-bond donors (Lipinski definition) is 0. The molecule has 1 saturated heterocycles. The summed E-state index contributed by atoms with van der Waals surface area (Å²) >= 11 is 0. The minimum absolute atomic E-state index is 0.0554. The first-order valence-electron chi connectivity index (χ1n) is 9.73. The number of rotatable bonds is 2. The molecule has 2 aromatic rings. The molecule has 0 radical (unpaired) electrons. The Morgan fingerprint density at radius 1 is 1.08 bits per heavy atom. The number of ether oxygens (including phenoxy) is 1. The first-order chi connectivity index (χ1) is 12.6. The molecule has 26 heavy (non-hydrogen) atoms. The van der Waals surface area contributed by atoms with Gasteiger partial charge in [-0.15, -0.1) is 0 Å². The average Bonchev–Trinajstić information content (AvgIpc) is 2.82.